The van der Waals surface area contributed by atoms with Crippen LogP contribution in [0.5, 0.6) is 0 Å². The van der Waals surface area contributed by atoms with E-state index in [1.54, 1.807) is 0 Å². The number of aromatic nitrogens is 1. The summed E-state index contributed by atoms with van der Waals surface area (Å²) in [7, 11) is -1.27. The Hall–Kier alpha value is -3.49. The first-order valence-corrected chi connectivity index (χ1v) is 14.6. The molecular formula is C30H27NSi. The summed E-state index contributed by atoms with van der Waals surface area (Å²) in [5.41, 5.74) is 7.42. The Bertz CT molecular complexity index is 1360. The van der Waals surface area contributed by atoms with Gasteiger partial charge >= 0.3 is 0 Å². The predicted molar refractivity (Wildman–Crippen MR) is 141 cm³/mol. The molecule has 0 spiro atoms. The van der Waals surface area contributed by atoms with E-state index in [1.165, 1.54) is 49.3 Å². The van der Waals surface area contributed by atoms with E-state index >= 15 is 0 Å². The summed E-state index contributed by atoms with van der Waals surface area (Å²) in [4.78, 5) is 4.11. The predicted octanol–water partition coefficient (Wildman–Crippen LogP) is 7.78. The largest absolute Gasteiger partial charge is 0.265 e. The molecule has 1 aromatic heterocycles. The van der Waals surface area contributed by atoms with Crippen LogP contribution < -0.4 is 5.19 Å². The Balaban J connectivity index is 1.47. The van der Waals surface area contributed by atoms with Crippen LogP contribution in [0.1, 0.15) is 0 Å². The van der Waals surface area contributed by atoms with E-state index in [0.717, 1.165) is 0 Å². The van der Waals surface area contributed by atoms with Gasteiger partial charge in [-0.25, -0.2) is 0 Å². The van der Waals surface area contributed by atoms with E-state index in [1.807, 2.05) is 24.5 Å². The molecule has 0 saturated carbocycles. The molecule has 4 aromatic carbocycles. The summed E-state index contributed by atoms with van der Waals surface area (Å²) in [6.07, 6.45) is 3.67. The molecule has 0 bridgehead atoms. The second-order valence-electron chi connectivity index (χ2n) is 9.42. The molecular weight excluding hydrogens is 402 g/mol. The van der Waals surface area contributed by atoms with Crippen LogP contribution in [-0.2, 0) is 0 Å². The van der Waals surface area contributed by atoms with Gasteiger partial charge < -0.3 is 0 Å². The van der Waals surface area contributed by atoms with Crippen molar-refractivity contribution in [1.82, 2.24) is 4.98 Å². The standard InChI is InChI=1S/C30H27NSi/c1-32(2,3)30-14-12-24(13-15-30)28-11-9-25-8-10-27(20-29(25)21-28)23-6-4-22(5-7-23)26-16-18-31-19-17-26/h4-21H,1-3H3. The molecule has 5 aromatic rings. The molecule has 5 rings (SSSR count). The fraction of sp³-hybridized carbons (Fsp3) is 0.100. The number of pyridine rings is 1. The van der Waals surface area contributed by atoms with Crippen molar-refractivity contribution < 1.29 is 0 Å². The van der Waals surface area contributed by atoms with E-state index in [2.05, 4.69) is 110 Å². The van der Waals surface area contributed by atoms with Gasteiger partial charge in [0.05, 0.1) is 8.07 Å². The molecule has 0 unspecified atom stereocenters. The topological polar surface area (TPSA) is 12.9 Å². The van der Waals surface area contributed by atoms with Crippen LogP contribution in [0.2, 0.25) is 19.6 Å². The summed E-state index contributed by atoms with van der Waals surface area (Å²) in [6.45, 7) is 7.18. The van der Waals surface area contributed by atoms with Gasteiger partial charge in [0.2, 0.25) is 0 Å². The van der Waals surface area contributed by atoms with Crippen molar-refractivity contribution in [1.29, 1.82) is 0 Å². The van der Waals surface area contributed by atoms with Crippen LogP contribution in [0, 0.1) is 0 Å². The normalized spacial score (nSPS) is 11.6. The summed E-state index contributed by atoms with van der Waals surface area (Å²) in [6, 6.07) is 35.6. The van der Waals surface area contributed by atoms with E-state index in [0.29, 0.717) is 0 Å². The SMILES string of the molecule is C[Si](C)(C)c1ccc(-c2ccc3ccc(-c4ccc(-c5ccncc5)cc4)cc3c2)cc1. The quantitative estimate of drug-likeness (QED) is 0.266. The number of nitrogens with zero attached hydrogens (tertiary/aromatic N) is 1. The highest BCUT2D eigenvalue weighted by Crippen LogP contribution is 2.30. The van der Waals surface area contributed by atoms with Crippen molar-refractivity contribution in [2.24, 2.45) is 0 Å². The van der Waals surface area contributed by atoms with Gasteiger partial charge in [-0.2, -0.15) is 0 Å². The van der Waals surface area contributed by atoms with Crippen LogP contribution in [0.25, 0.3) is 44.2 Å². The third-order valence-electron chi connectivity index (χ3n) is 6.16. The van der Waals surface area contributed by atoms with Gasteiger partial charge in [0.15, 0.2) is 0 Å². The number of rotatable bonds is 4. The molecule has 0 N–H and O–H groups in total. The molecule has 2 heteroatoms. The lowest BCUT2D eigenvalue weighted by atomic mass is 9.96. The summed E-state index contributed by atoms with van der Waals surface area (Å²) < 4.78 is 0. The van der Waals surface area contributed by atoms with E-state index in [9.17, 15) is 0 Å². The minimum absolute atomic E-state index is 1.19. The van der Waals surface area contributed by atoms with Crippen LogP contribution >= 0.6 is 0 Å². The van der Waals surface area contributed by atoms with Gasteiger partial charge in [-0.05, 0) is 68.4 Å². The highest BCUT2D eigenvalue weighted by Gasteiger charge is 2.15. The summed E-state index contributed by atoms with van der Waals surface area (Å²) in [5.74, 6) is 0. The van der Waals surface area contributed by atoms with Gasteiger partial charge in [0.25, 0.3) is 0 Å². The molecule has 1 heterocycles. The average Bonchev–Trinajstić information content (AvgIpc) is 2.83. The number of hydrogen-bond acceptors (Lipinski definition) is 1. The third kappa shape index (κ3) is 4.14. The lowest BCUT2D eigenvalue weighted by Crippen LogP contribution is -2.37. The molecule has 0 aliphatic rings. The minimum Gasteiger partial charge on any atom is -0.265 e. The molecule has 0 fully saturated rings. The summed E-state index contributed by atoms with van der Waals surface area (Å²) >= 11 is 0. The third-order valence-corrected chi connectivity index (χ3v) is 8.22. The maximum Gasteiger partial charge on any atom is 0.0775 e. The van der Waals surface area contributed by atoms with Crippen molar-refractivity contribution in [3.63, 3.8) is 0 Å². The van der Waals surface area contributed by atoms with Crippen molar-refractivity contribution in [3.05, 3.63) is 109 Å². The first kappa shape index (κ1) is 20.4. The Kier molecular flexibility index (Phi) is 5.24. The first-order valence-electron chi connectivity index (χ1n) is 11.1. The van der Waals surface area contributed by atoms with Crippen LogP contribution in [0.4, 0.5) is 0 Å². The van der Waals surface area contributed by atoms with Gasteiger partial charge in [-0.1, -0.05) is 97.6 Å². The smallest absolute Gasteiger partial charge is 0.0775 e. The first-order chi connectivity index (χ1) is 15.5. The molecule has 0 amide bonds. The Morgan fingerprint density at radius 1 is 0.438 bits per heavy atom. The van der Waals surface area contributed by atoms with Gasteiger partial charge in [0, 0.05) is 12.4 Å². The van der Waals surface area contributed by atoms with E-state index in [4.69, 9.17) is 0 Å². The fourth-order valence-electron chi connectivity index (χ4n) is 4.17. The van der Waals surface area contributed by atoms with Crippen LogP contribution in [0.3, 0.4) is 0 Å². The van der Waals surface area contributed by atoms with Crippen molar-refractivity contribution in [2.45, 2.75) is 19.6 Å². The highest BCUT2D eigenvalue weighted by molar-refractivity contribution is 6.88. The van der Waals surface area contributed by atoms with Gasteiger partial charge in [-0.3, -0.25) is 4.98 Å². The second kappa shape index (κ2) is 8.21. The number of hydrogen-bond donors (Lipinski definition) is 0. The lowest BCUT2D eigenvalue weighted by molar-refractivity contribution is 1.33. The zero-order valence-corrected chi connectivity index (χ0v) is 19.8. The molecule has 1 nitrogen and oxygen atoms in total. The van der Waals surface area contributed by atoms with Gasteiger partial charge in [-0.15, -0.1) is 0 Å². The zero-order chi connectivity index (χ0) is 22.1. The lowest BCUT2D eigenvalue weighted by Gasteiger charge is -2.17. The fourth-order valence-corrected chi connectivity index (χ4v) is 5.33. The Morgan fingerprint density at radius 2 is 0.844 bits per heavy atom. The molecule has 0 aliphatic carbocycles. The van der Waals surface area contributed by atoms with Crippen LogP contribution in [-0.4, -0.2) is 13.1 Å². The molecule has 156 valence electrons. The van der Waals surface area contributed by atoms with E-state index in [-0.39, 0.29) is 0 Å². The maximum atomic E-state index is 4.11. The minimum atomic E-state index is -1.27. The Labute approximate surface area is 191 Å². The summed E-state index contributed by atoms with van der Waals surface area (Å²) in [5, 5.41) is 4.04. The maximum absolute atomic E-state index is 4.11. The second-order valence-corrected chi connectivity index (χ2v) is 14.5. The monoisotopic (exact) mass is 429 g/mol. The molecule has 0 saturated heterocycles. The molecule has 32 heavy (non-hydrogen) atoms. The Morgan fingerprint density at radius 3 is 1.34 bits per heavy atom. The molecule has 0 radical (unpaired) electrons. The molecule has 0 atom stereocenters. The van der Waals surface area contributed by atoms with Crippen LogP contribution in [0.15, 0.2) is 109 Å². The number of fused-ring (bicyclic) bond motifs is 1. The van der Waals surface area contributed by atoms with E-state index < -0.39 is 8.07 Å². The van der Waals surface area contributed by atoms with Crippen molar-refractivity contribution >= 4 is 24.0 Å². The number of benzene rings is 4. The highest BCUT2D eigenvalue weighted by atomic mass is 28.3. The zero-order valence-electron chi connectivity index (χ0n) is 18.8. The van der Waals surface area contributed by atoms with Crippen molar-refractivity contribution in [2.75, 3.05) is 0 Å². The van der Waals surface area contributed by atoms with Gasteiger partial charge in [0.1, 0.15) is 0 Å². The average molecular weight is 430 g/mol. The van der Waals surface area contributed by atoms with Crippen molar-refractivity contribution in [3.8, 4) is 33.4 Å². The molecule has 0 aliphatic heterocycles.